The molecule has 9 heteroatoms. The normalized spacial score (nSPS) is 18.7. The van der Waals surface area contributed by atoms with Crippen LogP contribution in [0.15, 0.2) is 42.9 Å². The lowest BCUT2D eigenvalue weighted by Gasteiger charge is -2.28. The number of hydrogen-bond acceptors (Lipinski definition) is 7. The zero-order valence-electron chi connectivity index (χ0n) is 17.1. The first kappa shape index (κ1) is 19.2. The van der Waals surface area contributed by atoms with Crippen molar-refractivity contribution in [2.45, 2.75) is 37.8 Å². The van der Waals surface area contributed by atoms with Crippen molar-refractivity contribution in [2.24, 2.45) is 7.05 Å². The summed E-state index contributed by atoms with van der Waals surface area (Å²) >= 11 is 0. The molecule has 1 aliphatic rings. The summed E-state index contributed by atoms with van der Waals surface area (Å²) in [5.74, 6) is 0. The van der Waals surface area contributed by atoms with Crippen LogP contribution in [0.5, 0.6) is 0 Å². The SMILES string of the molecule is Cn1cc(-c2cnc(-c3ccc4cc(C#N)cnn34)cc2N[C@H]2CCC[C@@H](O)C2)nn1. The molecule has 5 rings (SSSR count). The van der Waals surface area contributed by atoms with Crippen molar-refractivity contribution in [3.05, 3.63) is 48.4 Å². The summed E-state index contributed by atoms with van der Waals surface area (Å²) in [4.78, 5) is 4.68. The average Bonchev–Trinajstić information content (AvgIpc) is 3.39. The van der Waals surface area contributed by atoms with Crippen molar-refractivity contribution in [1.82, 2.24) is 29.6 Å². The second-order valence-electron chi connectivity index (χ2n) is 7.97. The number of nitriles is 1. The third-order valence-corrected chi connectivity index (χ3v) is 5.68. The number of nitrogens with one attached hydrogen (secondary N) is 1. The average molecular weight is 414 g/mol. The summed E-state index contributed by atoms with van der Waals surface area (Å²) in [5.41, 5.74) is 5.42. The molecule has 1 fully saturated rings. The summed E-state index contributed by atoms with van der Waals surface area (Å²) < 4.78 is 3.44. The van der Waals surface area contributed by atoms with Crippen molar-refractivity contribution in [3.8, 4) is 28.7 Å². The van der Waals surface area contributed by atoms with Crippen LogP contribution >= 0.6 is 0 Å². The third-order valence-electron chi connectivity index (χ3n) is 5.68. The minimum atomic E-state index is -0.277. The number of aryl methyl sites for hydroxylation is 1. The Labute approximate surface area is 179 Å². The molecule has 0 bridgehead atoms. The summed E-state index contributed by atoms with van der Waals surface area (Å²) in [5, 5.41) is 35.5. The number of pyridine rings is 1. The van der Waals surface area contributed by atoms with Crippen LogP contribution in [0.25, 0.3) is 28.2 Å². The van der Waals surface area contributed by atoms with Crippen molar-refractivity contribution in [1.29, 1.82) is 5.26 Å². The monoisotopic (exact) mass is 414 g/mol. The van der Waals surface area contributed by atoms with E-state index < -0.39 is 0 Å². The third kappa shape index (κ3) is 3.73. The predicted molar refractivity (Wildman–Crippen MR) is 115 cm³/mol. The first-order valence-corrected chi connectivity index (χ1v) is 10.3. The van der Waals surface area contributed by atoms with E-state index in [-0.39, 0.29) is 12.1 Å². The van der Waals surface area contributed by atoms with Crippen LogP contribution in [0.1, 0.15) is 31.2 Å². The van der Waals surface area contributed by atoms with Crippen molar-refractivity contribution < 1.29 is 5.11 Å². The lowest BCUT2D eigenvalue weighted by Crippen LogP contribution is -2.30. The number of rotatable bonds is 4. The second-order valence-corrected chi connectivity index (χ2v) is 7.97. The molecule has 0 saturated heterocycles. The molecule has 9 nitrogen and oxygen atoms in total. The number of aliphatic hydroxyl groups is 1. The van der Waals surface area contributed by atoms with E-state index in [0.717, 1.165) is 53.1 Å². The number of aliphatic hydroxyl groups excluding tert-OH is 1. The fourth-order valence-corrected chi connectivity index (χ4v) is 4.16. The Morgan fingerprint density at radius 3 is 2.87 bits per heavy atom. The maximum absolute atomic E-state index is 10.1. The fraction of sp³-hybridized carbons (Fsp3) is 0.318. The van der Waals surface area contributed by atoms with E-state index >= 15 is 0 Å². The largest absolute Gasteiger partial charge is 0.393 e. The van der Waals surface area contributed by atoms with E-state index in [0.29, 0.717) is 12.0 Å². The van der Waals surface area contributed by atoms with Gasteiger partial charge in [0.05, 0.1) is 41.0 Å². The van der Waals surface area contributed by atoms with Crippen LogP contribution in [0.3, 0.4) is 0 Å². The van der Waals surface area contributed by atoms with Gasteiger partial charge in [-0.25, -0.2) is 4.52 Å². The highest BCUT2D eigenvalue weighted by Gasteiger charge is 2.22. The molecule has 0 aromatic carbocycles. The van der Waals surface area contributed by atoms with E-state index in [9.17, 15) is 5.11 Å². The summed E-state index contributed by atoms with van der Waals surface area (Å²) in [6, 6.07) is 9.95. The topological polar surface area (TPSA) is 117 Å². The number of aromatic nitrogens is 6. The molecule has 4 aromatic heterocycles. The number of hydrogen-bond donors (Lipinski definition) is 2. The Kier molecular flexibility index (Phi) is 4.84. The first-order chi connectivity index (χ1) is 15.1. The molecular formula is C22H22N8O. The lowest BCUT2D eigenvalue weighted by molar-refractivity contribution is 0.124. The highest BCUT2D eigenvalue weighted by molar-refractivity contribution is 5.79. The first-order valence-electron chi connectivity index (χ1n) is 10.3. The zero-order valence-corrected chi connectivity index (χ0v) is 17.1. The van der Waals surface area contributed by atoms with Gasteiger partial charge < -0.3 is 10.4 Å². The van der Waals surface area contributed by atoms with E-state index in [1.807, 2.05) is 31.4 Å². The van der Waals surface area contributed by atoms with E-state index in [1.165, 1.54) is 0 Å². The minimum Gasteiger partial charge on any atom is -0.393 e. The molecule has 156 valence electrons. The quantitative estimate of drug-likeness (QED) is 0.527. The van der Waals surface area contributed by atoms with Gasteiger partial charge in [-0.1, -0.05) is 5.21 Å². The van der Waals surface area contributed by atoms with Crippen LogP contribution in [-0.4, -0.2) is 46.8 Å². The highest BCUT2D eigenvalue weighted by Crippen LogP contribution is 2.32. The number of nitrogens with zero attached hydrogens (tertiary/aromatic N) is 7. The van der Waals surface area contributed by atoms with Gasteiger partial charge >= 0.3 is 0 Å². The Hall–Kier alpha value is -3.77. The highest BCUT2D eigenvalue weighted by atomic mass is 16.3. The van der Waals surface area contributed by atoms with Crippen LogP contribution < -0.4 is 5.32 Å². The predicted octanol–water partition coefficient (Wildman–Crippen LogP) is 2.78. The second kappa shape index (κ2) is 7.81. The lowest BCUT2D eigenvalue weighted by atomic mass is 9.92. The molecule has 0 unspecified atom stereocenters. The molecule has 0 amide bonds. The molecule has 0 spiro atoms. The van der Waals surface area contributed by atoms with Crippen molar-refractivity contribution in [2.75, 3.05) is 5.32 Å². The maximum atomic E-state index is 10.1. The molecule has 2 N–H and O–H groups in total. The van der Waals surface area contributed by atoms with Crippen LogP contribution in [0, 0.1) is 11.3 Å². The molecule has 2 atom stereocenters. The van der Waals surface area contributed by atoms with E-state index in [4.69, 9.17) is 5.26 Å². The Balaban J connectivity index is 1.57. The van der Waals surface area contributed by atoms with E-state index in [2.05, 4.69) is 31.8 Å². The molecule has 0 radical (unpaired) electrons. The Morgan fingerprint density at radius 2 is 2.10 bits per heavy atom. The van der Waals surface area contributed by atoms with Gasteiger partial charge in [0.25, 0.3) is 0 Å². The fourth-order valence-electron chi connectivity index (χ4n) is 4.16. The molecule has 31 heavy (non-hydrogen) atoms. The molecular weight excluding hydrogens is 392 g/mol. The smallest absolute Gasteiger partial charge is 0.116 e. The van der Waals surface area contributed by atoms with Crippen molar-refractivity contribution >= 4 is 11.2 Å². The molecule has 4 aromatic rings. The van der Waals surface area contributed by atoms with Gasteiger partial charge in [-0.2, -0.15) is 10.4 Å². The van der Waals surface area contributed by atoms with Gasteiger partial charge in [0, 0.05) is 30.5 Å². The van der Waals surface area contributed by atoms with Gasteiger partial charge in [-0.3, -0.25) is 9.67 Å². The summed E-state index contributed by atoms with van der Waals surface area (Å²) in [6.07, 6.45) is 8.48. The Morgan fingerprint density at radius 1 is 1.19 bits per heavy atom. The van der Waals surface area contributed by atoms with Gasteiger partial charge in [0.15, 0.2) is 0 Å². The van der Waals surface area contributed by atoms with Gasteiger partial charge in [-0.05, 0) is 49.9 Å². The molecule has 1 saturated carbocycles. The summed E-state index contributed by atoms with van der Waals surface area (Å²) in [7, 11) is 1.83. The van der Waals surface area contributed by atoms with Gasteiger partial charge in [0.1, 0.15) is 11.8 Å². The van der Waals surface area contributed by atoms with Gasteiger partial charge in [-0.15, -0.1) is 5.10 Å². The zero-order chi connectivity index (χ0) is 21.4. The number of fused-ring (bicyclic) bond motifs is 1. The molecule has 0 aliphatic heterocycles. The Bertz CT molecular complexity index is 1280. The standard InChI is InChI=1S/C22H22N8O/c1-29-13-21(27-28-29)18-12-24-20(9-19(18)26-15-3-2-4-17(31)8-15)22-6-5-16-7-14(10-23)11-25-30(16)22/h5-7,9,11-13,15,17,31H,2-4,8H2,1H3,(H,24,26)/t15-,17+/m0/s1. The summed E-state index contributed by atoms with van der Waals surface area (Å²) in [6.45, 7) is 0. The number of anilines is 1. The van der Waals surface area contributed by atoms with Crippen LogP contribution in [0.4, 0.5) is 5.69 Å². The van der Waals surface area contributed by atoms with Crippen LogP contribution in [0.2, 0.25) is 0 Å². The van der Waals surface area contributed by atoms with Gasteiger partial charge in [0.2, 0.25) is 0 Å². The maximum Gasteiger partial charge on any atom is 0.116 e. The van der Waals surface area contributed by atoms with E-state index in [1.54, 1.807) is 27.7 Å². The van der Waals surface area contributed by atoms with Crippen LogP contribution in [-0.2, 0) is 7.05 Å². The molecule has 4 heterocycles. The van der Waals surface area contributed by atoms with Crippen molar-refractivity contribution in [3.63, 3.8) is 0 Å². The minimum absolute atomic E-state index is 0.176. The molecule has 1 aliphatic carbocycles.